The Labute approximate surface area is 175 Å². The van der Waals surface area contributed by atoms with Crippen LogP contribution in [0.1, 0.15) is 28.1 Å². The van der Waals surface area contributed by atoms with Crippen LogP contribution in [0.25, 0.3) is 0 Å². The molecule has 29 heavy (non-hydrogen) atoms. The van der Waals surface area contributed by atoms with E-state index in [1.165, 1.54) is 11.3 Å². The first-order chi connectivity index (χ1) is 14.2. The van der Waals surface area contributed by atoms with Crippen LogP contribution in [0.2, 0.25) is 0 Å². The second-order valence-electron chi connectivity index (χ2n) is 6.96. The van der Waals surface area contributed by atoms with E-state index in [9.17, 15) is 9.59 Å². The number of pyridine rings is 1. The number of aromatic nitrogens is 1. The maximum absolute atomic E-state index is 12.8. The third-order valence-electron chi connectivity index (χ3n) is 4.85. The highest BCUT2D eigenvalue weighted by atomic mass is 32.1. The van der Waals surface area contributed by atoms with Gasteiger partial charge in [-0.2, -0.15) is 0 Å². The van der Waals surface area contributed by atoms with Crippen LogP contribution >= 0.6 is 11.3 Å². The summed E-state index contributed by atoms with van der Waals surface area (Å²) in [6, 6.07) is 7.49. The fraction of sp³-hybridized carbons (Fsp3) is 0.476. The molecule has 0 bridgehead atoms. The molecule has 1 fully saturated rings. The molecule has 1 saturated heterocycles. The molecule has 0 saturated carbocycles. The normalized spacial score (nSPS) is 14.5. The van der Waals surface area contributed by atoms with Gasteiger partial charge in [0.15, 0.2) is 0 Å². The summed E-state index contributed by atoms with van der Waals surface area (Å²) in [5.41, 5.74) is 1.06. The molecule has 1 N–H and O–H groups in total. The van der Waals surface area contributed by atoms with E-state index in [2.05, 4.69) is 15.2 Å². The summed E-state index contributed by atoms with van der Waals surface area (Å²) >= 11 is 1.40. The quantitative estimate of drug-likeness (QED) is 0.641. The van der Waals surface area contributed by atoms with Gasteiger partial charge in [0.25, 0.3) is 5.91 Å². The van der Waals surface area contributed by atoms with Crippen LogP contribution in [0.3, 0.4) is 0 Å². The molecule has 0 spiro atoms. The van der Waals surface area contributed by atoms with Crippen molar-refractivity contribution in [1.29, 1.82) is 0 Å². The number of thiophene rings is 1. The van der Waals surface area contributed by atoms with Crippen molar-refractivity contribution in [1.82, 2.24) is 20.1 Å². The Morgan fingerprint density at radius 3 is 2.72 bits per heavy atom. The third kappa shape index (κ3) is 7.23. The van der Waals surface area contributed by atoms with Crippen molar-refractivity contribution >= 4 is 23.2 Å². The Bertz CT molecular complexity index is 749. The van der Waals surface area contributed by atoms with Crippen LogP contribution in [0, 0.1) is 0 Å². The molecule has 0 unspecified atom stereocenters. The number of carbonyl (C=O) groups is 2. The summed E-state index contributed by atoms with van der Waals surface area (Å²) in [6.45, 7) is 6.01. The van der Waals surface area contributed by atoms with Crippen LogP contribution in [0.15, 0.2) is 42.0 Å². The van der Waals surface area contributed by atoms with Gasteiger partial charge in [-0.05, 0) is 35.6 Å². The molecule has 2 aromatic rings. The van der Waals surface area contributed by atoms with Gasteiger partial charge in [0.1, 0.15) is 0 Å². The predicted octanol–water partition coefficient (Wildman–Crippen LogP) is 2.01. The number of ether oxygens (including phenoxy) is 1. The maximum atomic E-state index is 12.8. The second kappa shape index (κ2) is 11.6. The molecule has 8 heteroatoms. The number of carbonyl (C=O) groups excluding carboxylic acids is 2. The highest BCUT2D eigenvalue weighted by Crippen LogP contribution is 2.09. The molecule has 1 aliphatic rings. The van der Waals surface area contributed by atoms with Crippen LogP contribution < -0.4 is 5.32 Å². The topological polar surface area (TPSA) is 74.8 Å². The highest BCUT2D eigenvalue weighted by Gasteiger charge is 2.16. The first kappa shape index (κ1) is 21.4. The van der Waals surface area contributed by atoms with E-state index >= 15 is 0 Å². The molecular formula is C21H28N4O3S. The summed E-state index contributed by atoms with van der Waals surface area (Å²) in [6.07, 6.45) is 4.69. The van der Waals surface area contributed by atoms with Gasteiger partial charge in [-0.25, -0.2) is 0 Å². The van der Waals surface area contributed by atoms with E-state index in [1.54, 1.807) is 18.5 Å². The number of rotatable bonds is 10. The van der Waals surface area contributed by atoms with Crippen molar-refractivity contribution in [2.75, 3.05) is 45.9 Å². The van der Waals surface area contributed by atoms with E-state index in [-0.39, 0.29) is 11.8 Å². The molecule has 0 radical (unpaired) electrons. The van der Waals surface area contributed by atoms with Crippen molar-refractivity contribution in [2.24, 2.45) is 0 Å². The minimum atomic E-state index is -0.124. The van der Waals surface area contributed by atoms with Gasteiger partial charge in [0, 0.05) is 58.1 Å². The maximum Gasteiger partial charge on any atom is 0.261 e. The number of amides is 2. The van der Waals surface area contributed by atoms with Gasteiger partial charge >= 0.3 is 0 Å². The number of nitrogens with zero attached hydrogens (tertiary/aromatic N) is 3. The van der Waals surface area contributed by atoms with Gasteiger partial charge in [-0.15, -0.1) is 11.3 Å². The summed E-state index contributed by atoms with van der Waals surface area (Å²) < 4.78 is 5.39. The van der Waals surface area contributed by atoms with Gasteiger partial charge in [-0.3, -0.25) is 19.5 Å². The number of morpholine rings is 1. The lowest BCUT2D eigenvalue weighted by Crippen LogP contribution is -2.39. The van der Waals surface area contributed by atoms with Gasteiger partial charge < -0.3 is 15.0 Å². The van der Waals surface area contributed by atoms with Crippen molar-refractivity contribution in [2.45, 2.75) is 19.4 Å². The van der Waals surface area contributed by atoms with E-state index in [1.807, 2.05) is 28.5 Å². The average Bonchev–Trinajstić information content (AvgIpc) is 3.29. The zero-order chi connectivity index (χ0) is 20.3. The molecule has 2 amide bonds. The zero-order valence-corrected chi connectivity index (χ0v) is 17.4. The average molecular weight is 417 g/mol. The highest BCUT2D eigenvalue weighted by molar-refractivity contribution is 7.12. The lowest BCUT2D eigenvalue weighted by molar-refractivity contribution is -0.131. The molecule has 3 rings (SSSR count). The standard InChI is InChI=1S/C21H28N4O3S/c26-20(6-9-23-21(27)19-3-1-16-29-19)25(17-18-4-7-22-8-5-18)11-2-10-24-12-14-28-15-13-24/h1,3-5,7-8,16H,2,6,9-15,17H2,(H,23,27). The van der Waals surface area contributed by atoms with E-state index in [4.69, 9.17) is 4.74 Å². The van der Waals surface area contributed by atoms with Crippen molar-refractivity contribution < 1.29 is 14.3 Å². The number of hydrogen-bond acceptors (Lipinski definition) is 6. The van der Waals surface area contributed by atoms with E-state index < -0.39 is 0 Å². The Morgan fingerprint density at radius 2 is 2.00 bits per heavy atom. The molecule has 0 atom stereocenters. The van der Waals surface area contributed by atoms with Gasteiger partial charge in [0.2, 0.25) is 5.91 Å². The second-order valence-corrected chi connectivity index (χ2v) is 7.91. The molecular weight excluding hydrogens is 388 g/mol. The Kier molecular flexibility index (Phi) is 8.60. The molecule has 156 valence electrons. The summed E-state index contributed by atoms with van der Waals surface area (Å²) in [5, 5.41) is 4.70. The van der Waals surface area contributed by atoms with E-state index in [0.717, 1.165) is 44.8 Å². The smallest absolute Gasteiger partial charge is 0.261 e. The van der Waals surface area contributed by atoms with Crippen molar-refractivity contribution in [3.8, 4) is 0 Å². The molecule has 3 heterocycles. The van der Waals surface area contributed by atoms with Crippen LogP contribution in [0.5, 0.6) is 0 Å². The third-order valence-corrected chi connectivity index (χ3v) is 5.72. The fourth-order valence-electron chi connectivity index (χ4n) is 3.25. The first-order valence-electron chi connectivity index (χ1n) is 10.0. The van der Waals surface area contributed by atoms with Crippen LogP contribution in [-0.4, -0.2) is 72.5 Å². The van der Waals surface area contributed by atoms with Crippen molar-refractivity contribution in [3.63, 3.8) is 0 Å². The zero-order valence-electron chi connectivity index (χ0n) is 16.6. The van der Waals surface area contributed by atoms with Crippen LogP contribution in [-0.2, 0) is 16.1 Å². The Morgan fingerprint density at radius 1 is 1.21 bits per heavy atom. The monoisotopic (exact) mass is 416 g/mol. The lowest BCUT2D eigenvalue weighted by atomic mass is 10.2. The van der Waals surface area contributed by atoms with Gasteiger partial charge in [-0.1, -0.05) is 6.07 Å². The minimum Gasteiger partial charge on any atom is -0.379 e. The Hall–Kier alpha value is -2.29. The summed E-state index contributed by atoms with van der Waals surface area (Å²) in [7, 11) is 0. The largest absolute Gasteiger partial charge is 0.379 e. The molecule has 0 aromatic carbocycles. The van der Waals surface area contributed by atoms with Crippen LogP contribution in [0.4, 0.5) is 0 Å². The molecule has 7 nitrogen and oxygen atoms in total. The number of hydrogen-bond donors (Lipinski definition) is 1. The predicted molar refractivity (Wildman–Crippen MR) is 113 cm³/mol. The summed E-state index contributed by atoms with van der Waals surface area (Å²) in [4.78, 5) is 33.8. The number of nitrogens with one attached hydrogen (secondary N) is 1. The summed E-state index contributed by atoms with van der Waals surface area (Å²) in [5.74, 6) is -0.0731. The fourth-order valence-corrected chi connectivity index (χ4v) is 3.89. The van der Waals surface area contributed by atoms with Crippen molar-refractivity contribution in [3.05, 3.63) is 52.5 Å². The molecule has 2 aromatic heterocycles. The molecule has 0 aliphatic carbocycles. The first-order valence-corrected chi connectivity index (χ1v) is 10.9. The minimum absolute atomic E-state index is 0.0512. The lowest BCUT2D eigenvalue weighted by Gasteiger charge is -2.28. The van der Waals surface area contributed by atoms with E-state index in [0.29, 0.717) is 30.9 Å². The Balaban J connectivity index is 1.48. The SMILES string of the molecule is O=C(NCCC(=O)N(CCCN1CCOCC1)Cc1ccncc1)c1cccs1. The molecule has 1 aliphatic heterocycles. The van der Waals surface area contributed by atoms with Gasteiger partial charge in [0.05, 0.1) is 18.1 Å².